The van der Waals surface area contributed by atoms with E-state index in [1.54, 1.807) is 0 Å². The second-order valence-electron chi connectivity index (χ2n) is 8.16. The van der Waals surface area contributed by atoms with E-state index in [1.165, 1.54) is 29.5 Å². The number of aromatic nitrogens is 2. The van der Waals surface area contributed by atoms with Crippen LogP contribution in [-0.2, 0) is 11.2 Å². The Bertz CT molecular complexity index is 1060. The zero-order valence-corrected chi connectivity index (χ0v) is 17.1. The van der Waals surface area contributed by atoms with E-state index < -0.39 is 6.09 Å². The fourth-order valence-corrected chi connectivity index (χ4v) is 4.60. The highest BCUT2D eigenvalue weighted by molar-refractivity contribution is 5.86. The molecular formula is C24H26N4O2. The first-order chi connectivity index (χ1) is 14.7. The Morgan fingerprint density at radius 1 is 1.23 bits per heavy atom. The summed E-state index contributed by atoms with van der Waals surface area (Å²) in [5, 5.41) is 10.5. The molecule has 1 aliphatic carbocycles. The van der Waals surface area contributed by atoms with E-state index >= 15 is 0 Å². The fourth-order valence-electron chi connectivity index (χ4n) is 4.60. The van der Waals surface area contributed by atoms with Crippen molar-refractivity contribution in [3.05, 3.63) is 59.7 Å². The topological polar surface area (TPSA) is 70.2 Å². The largest absolute Gasteiger partial charge is 0.449 e. The number of hydrogen-bond donors (Lipinski definition) is 2. The maximum Gasteiger partial charge on any atom is 0.411 e. The summed E-state index contributed by atoms with van der Waals surface area (Å²) in [5.41, 5.74) is 7.62. The minimum absolute atomic E-state index is 0.403. The molecule has 0 bridgehead atoms. The number of benzene rings is 2. The van der Waals surface area contributed by atoms with E-state index in [-0.39, 0.29) is 0 Å². The molecule has 154 valence electrons. The van der Waals surface area contributed by atoms with Crippen LogP contribution in [0.25, 0.3) is 22.5 Å². The Labute approximate surface area is 176 Å². The van der Waals surface area contributed by atoms with E-state index in [4.69, 9.17) is 4.74 Å². The van der Waals surface area contributed by atoms with Crippen molar-refractivity contribution in [3.63, 3.8) is 0 Å². The highest BCUT2D eigenvalue weighted by Gasteiger charge is 2.24. The molecule has 6 nitrogen and oxygen atoms in total. The number of anilines is 1. The number of likely N-dealkylation sites (tertiary alicyclic amines) is 1. The number of amides is 1. The molecule has 2 N–H and O–H groups in total. The lowest BCUT2D eigenvalue weighted by Gasteiger charge is -2.18. The van der Waals surface area contributed by atoms with Crippen LogP contribution in [0.1, 0.15) is 30.4 Å². The summed E-state index contributed by atoms with van der Waals surface area (Å²) in [6, 6.07) is 16.7. The summed E-state index contributed by atoms with van der Waals surface area (Å²) in [5.74, 6) is 0. The smallest absolute Gasteiger partial charge is 0.411 e. The first-order valence-corrected chi connectivity index (χ1v) is 10.6. The van der Waals surface area contributed by atoms with Gasteiger partial charge in [-0.1, -0.05) is 36.4 Å². The lowest BCUT2D eigenvalue weighted by molar-refractivity contribution is 0.147. The molecule has 6 heteroatoms. The maximum absolute atomic E-state index is 12.1. The number of carbonyl (C=O) groups excluding carboxylic acids is 1. The van der Waals surface area contributed by atoms with Crippen molar-refractivity contribution in [1.29, 1.82) is 0 Å². The van der Waals surface area contributed by atoms with E-state index in [0.29, 0.717) is 12.6 Å². The van der Waals surface area contributed by atoms with Gasteiger partial charge < -0.3 is 9.64 Å². The summed E-state index contributed by atoms with van der Waals surface area (Å²) >= 11 is 0. The maximum atomic E-state index is 12.1. The van der Waals surface area contributed by atoms with Gasteiger partial charge in [-0.3, -0.25) is 10.4 Å². The minimum Gasteiger partial charge on any atom is -0.449 e. The summed E-state index contributed by atoms with van der Waals surface area (Å²) in [6.07, 6.45) is 3.78. The van der Waals surface area contributed by atoms with Crippen molar-refractivity contribution >= 4 is 11.8 Å². The van der Waals surface area contributed by atoms with Gasteiger partial charge >= 0.3 is 6.09 Å². The van der Waals surface area contributed by atoms with Crippen LogP contribution >= 0.6 is 0 Å². The Balaban J connectivity index is 1.20. The van der Waals surface area contributed by atoms with Crippen LogP contribution in [0.5, 0.6) is 0 Å². The van der Waals surface area contributed by atoms with E-state index in [1.807, 2.05) is 24.3 Å². The normalized spacial score (nSPS) is 17.6. The molecule has 3 aromatic rings. The molecular weight excluding hydrogens is 376 g/mol. The molecule has 1 atom stereocenters. The predicted molar refractivity (Wildman–Crippen MR) is 118 cm³/mol. The Kier molecular flexibility index (Phi) is 5.01. The number of aromatic amines is 1. The Morgan fingerprint density at radius 3 is 2.87 bits per heavy atom. The Hall–Kier alpha value is -3.12. The first kappa shape index (κ1) is 18.9. The SMILES string of the molecule is CN1CCCC1CCOC(=O)Nc1ccc(-c2n[nH]c3c2Cc2ccccc2-3)cc1. The van der Waals surface area contributed by atoms with Crippen LogP contribution in [0.4, 0.5) is 10.5 Å². The van der Waals surface area contributed by atoms with Crippen molar-refractivity contribution in [2.75, 3.05) is 25.5 Å². The van der Waals surface area contributed by atoms with Gasteiger partial charge in [0.1, 0.15) is 0 Å². The standard InChI is InChI=1S/C24H26N4O2/c1-28-13-4-6-19(28)12-14-30-24(29)25-18-10-8-16(9-11-18)22-21-15-17-5-2-3-7-20(17)23(21)27-26-22/h2-3,5,7-11,19H,4,6,12-15H2,1H3,(H,25,29)(H,26,27). The van der Waals surface area contributed by atoms with E-state index in [2.05, 4.69) is 51.7 Å². The van der Waals surface area contributed by atoms with Crippen molar-refractivity contribution < 1.29 is 9.53 Å². The number of fused-ring (bicyclic) bond motifs is 3. The zero-order valence-electron chi connectivity index (χ0n) is 17.1. The number of nitrogens with zero attached hydrogens (tertiary/aromatic N) is 2. The molecule has 2 aliphatic rings. The van der Waals surface area contributed by atoms with Gasteiger partial charge in [0.2, 0.25) is 0 Å². The van der Waals surface area contributed by atoms with E-state index in [0.717, 1.165) is 42.0 Å². The van der Waals surface area contributed by atoms with Gasteiger partial charge in [0.25, 0.3) is 0 Å². The number of rotatable bonds is 5. The summed E-state index contributed by atoms with van der Waals surface area (Å²) in [4.78, 5) is 14.4. The van der Waals surface area contributed by atoms with Crippen molar-refractivity contribution in [1.82, 2.24) is 15.1 Å². The zero-order chi connectivity index (χ0) is 20.5. The van der Waals surface area contributed by atoms with Gasteiger partial charge in [-0.2, -0.15) is 5.10 Å². The first-order valence-electron chi connectivity index (χ1n) is 10.6. The van der Waals surface area contributed by atoms with Gasteiger partial charge in [0.15, 0.2) is 0 Å². The van der Waals surface area contributed by atoms with Crippen LogP contribution in [0, 0.1) is 0 Å². The van der Waals surface area contributed by atoms with Crippen molar-refractivity contribution in [2.24, 2.45) is 0 Å². The third-order valence-electron chi connectivity index (χ3n) is 6.28. The lowest BCUT2D eigenvalue weighted by atomic mass is 10.1. The molecule has 1 aromatic heterocycles. The van der Waals surface area contributed by atoms with Crippen LogP contribution < -0.4 is 5.32 Å². The average molecular weight is 402 g/mol. The van der Waals surface area contributed by atoms with Crippen LogP contribution in [0.3, 0.4) is 0 Å². The summed E-state index contributed by atoms with van der Waals surface area (Å²) in [6.45, 7) is 1.58. The second-order valence-corrected chi connectivity index (χ2v) is 8.16. The molecule has 1 amide bonds. The summed E-state index contributed by atoms with van der Waals surface area (Å²) < 4.78 is 5.36. The third kappa shape index (κ3) is 3.59. The minimum atomic E-state index is -0.403. The molecule has 0 radical (unpaired) electrons. The number of ether oxygens (including phenoxy) is 1. The molecule has 2 aromatic carbocycles. The van der Waals surface area contributed by atoms with Gasteiger partial charge in [-0.15, -0.1) is 0 Å². The molecule has 5 rings (SSSR count). The molecule has 1 saturated heterocycles. The van der Waals surface area contributed by atoms with Crippen molar-refractivity contribution in [3.8, 4) is 22.5 Å². The number of nitrogens with one attached hydrogen (secondary N) is 2. The molecule has 1 unspecified atom stereocenters. The van der Waals surface area contributed by atoms with Crippen LogP contribution in [0.2, 0.25) is 0 Å². The van der Waals surface area contributed by atoms with Gasteiger partial charge in [-0.25, -0.2) is 4.79 Å². The van der Waals surface area contributed by atoms with Gasteiger partial charge in [-0.05, 0) is 50.6 Å². The second kappa shape index (κ2) is 7.95. The molecule has 30 heavy (non-hydrogen) atoms. The molecule has 1 fully saturated rings. The highest BCUT2D eigenvalue weighted by Crippen LogP contribution is 2.39. The quantitative estimate of drug-likeness (QED) is 0.508. The summed E-state index contributed by atoms with van der Waals surface area (Å²) in [7, 11) is 2.13. The average Bonchev–Trinajstić information content (AvgIpc) is 3.44. The molecule has 0 saturated carbocycles. The number of H-pyrrole nitrogens is 1. The van der Waals surface area contributed by atoms with Crippen LogP contribution in [-0.4, -0.2) is 47.4 Å². The Morgan fingerprint density at radius 2 is 2.07 bits per heavy atom. The predicted octanol–water partition coefficient (Wildman–Crippen LogP) is 4.68. The molecule has 0 spiro atoms. The van der Waals surface area contributed by atoms with Gasteiger partial charge in [0, 0.05) is 34.8 Å². The molecule has 2 heterocycles. The third-order valence-corrected chi connectivity index (χ3v) is 6.28. The van der Waals surface area contributed by atoms with Crippen molar-refractivity contribution in [2.45, 2.75) is 31.7 Å². The number of carbonyl (C=O) groups is 1. The van der Waals surface area contributed by atoms with E-state index in [9.17, 15) is 4.79 Å². The van der Waals surface area contributed by atoms with Gasteiger partial charge in [0.05, 0.1) is 18.0 Å². The lowest BCUT2D eigenvalue weighted by Crippen LogP contribution is -2.27. The monoisotopic (exact) mass is 402 g/mol. The fraction of sp³-hybridized carbons (Fsp3) is 0.333. The highest BCUT2D eigenvalue weighted by atomic mass is 16.5. The number of hydrogen-bond acceptors (Lipinski definition) is 4. The van der Waals surface area contributed by atoms with Crippen LogP contribution in [0.15, 0.2) is 48.5 Å². The molecule has 1 aliphatic heterocycles.